The Morgan fingerprint density at radius 2 is 2.19 bits per heavy atom. The number of likely N-dealkylation sites (N-methyl/N-ethyl adjacent to an activating group) is 1. The minimum Gasteiger partial charge on any atom is -0.341 e. The zero-order chi connectivity index (χ0) is 15.4. The van der Waals surface area contributed by atoms with Crippen molar-refractivity contribution in [3.63, 3.8) is 0 Å². The van der Waals surface area contributed by atoms with Gasteiger partial charge in [-0.1, -0.05) is 13.8 Å². The number of carbonyl (C=O) groups is 2. The first-order valence-electron chi connectivity index (χ1n) is 8.26. The molecule has 0 aromatic carbocycles. The molecule has 4 nitrogen and oxygen atoms in total. The fourth-order valence-electron chi connectivity index (χ4n) is 3.60. The lowest BCUT2D eigenvalue weighted by atomic mass is 10.1. The van der Waals surface area contributed by atoms with Crippen LogP contribution in [0.2, 0.25) is 0 Å². The molecule has 3 atom stereocenters. The fourth-order valence-corrected chi connectivity index (χ4v) is 4.73. The second kappa shape index (κ2) is 7.52. The molecule has 0 aromatic heterocycles. The lowest BCUT2D eigenvalue weighted by Crippen LogP contribution is -2.50. The predicted molar refractivity (Wildman–Crippen MR) is 87.4 cm³/mol. The molecule has 2 rings (SSSR count). The molecule has 0 bridgehead atoms. The van der Waals surface area contributed by atoms with Crippen LogP contribution in [0.1, 0.15) is 52.4 Å². The van der Waals surface area contributed by atoms with Crippen molar-refractivity contribution >= 4 is 23.6 Å². The van der Waals surface area contributed by atoms with Gasteiger partial charge in [-0.25, -0.2) is 0 Å². The first kappa shape index (κ1) is 16.7. The van der Waals surface area contributed by atoms with Gasteiger partial charge in [-0.2, -0.15) is 11.8 Å². The van der Waals surface area contributed by atoms with Gasteiger partial charge in [-0.05, 0) is 37.9 Å². The van der Waals surface area contributed by atoms with E-state index in [2.05, 4.69) is 6.92 Å². The van der Waals surface area contributed by atoms with Crippen LogP contribution < -0.4 is 0 Å². The first-order valence-corrected chi connectivity index (χ1v) is 9.31. The number of hydrogen-bond donors (Lipinski definition) is 0. The number of hydrogen-bond acceptors (Lipinski definition) is 3. The van der Waals surface area contributed by atoms with Crippen LogP contribution in [0, 0.1) is 0 Å². The summed E-state index contributed by atoms with van der Waals surface area (Å²) in [6.07, 6.45) is 5.63. The van der Waals surface area contributed by atoms with Gasteiger partial charge >= 0.3 is 0 Å². The Kier molecular flexibility index (Phi) is 5.97. The second-order valence-corrected chi connectivity index (χ2v) is 7.69. The van der Waals surface area contributed by atoms with Gasteiger partial charge in [0.15, 0.2) is 0 Å². The quantitative estimate of drug-likeness (QED) is 0.757. The zero-order valence-electron chi connectivity index (χ0n) is 13.5. The highest BCUT2D eigenvalue weighted by atomic mass is 32.2. The van der Waals surface area contributed by atoms with E-state index >= 15 is 0 Å². The summed E-state index contributed by atoms with van der Waals surface area (Å²) in [7, 11) is 1.93. The van der Waals surface area contributed by atoms with Gasteiger partial charge in [-0.15, -0.1) is 0 Å². The normalized spacial score (nSPS) is 27.2. The molecule has 120 valence electrons. The molecule has 0 aromatic rings. The molecular weight excluding hydrogens is 284 g/mol. The first-order chi connectivity index (χ1) is 10.1. The minimum absolute atomic E-state index is 0.139. The number of amides is 2. The highest BCUT2D eigenvalue weighted by Gasteiger charge is 2.37. The number of rotatable bonds is 6. The Morgan fingerprint density at radius 3 is 2.76 bits per heavy atom. The van der Waals surface area contributed by atoms with E-state index in [1.807, 2.05) is 30.6 Å². The van der Waals surface area contributed by atoms with Gasteiger partial charge < -0.3 is 9.80 Å². The van der Waals surface area contributed by atoms with E-state index in [0.717, 1.165) is 38.0 Å². The third-order valence-corrected chi connectivity index (χ3v) is 6.05. The smallest absolute Gasteiger partial charge is 0.245 e. The molecular formula is C16H28N2O2S. The molecule has 0 N–H and O–H groups in total. The van der Waals surface area contributed by atoms with E-state index in [0.29, 0.717) is 17.7 Å². The van der Waals surface area contributed by atoms with E-state index in [1.54, 1.807) is 4.90 Å². The molecule has 2 amide bonds. The molecule has 1 aliphatic heterocycles. The third-order valence-electron chi connectivity index (χ3n) is 4.81. The van der Waals surface area contributed by atoms with Crippen LogP contribution >= 0.6 is 11.8 Å². The van der Waals surface area contributed by atoms with Gasteiger partial charge in [0.25, 0.3) is 0 Å². The van der Waals surface area contributed by atoms with Crippen molar-refractivity contribution in [3.05, 3.63) is 0 Å². The highest BCUT2D eigenvalue weighted by molar-refractivity contribution is 7.99. The third kappa shape index (κ3) is 3.74. The van der Waals surface area contributed by atoms with Gasteiger partial charge in [0.1, 0.15) is 6.04 Å². The molecule has 1 saturated heterocycles. The molecule has 1 aliphatic carbocycles. The van der Waals surface area contributed by atoms with Gasteiger partial charge in [0.05, 0.1) is 0 Å². The largest absolute Gasteiger partial charge is 0.341 e. The predicted octanol–water partition coefficient (Wildman–Crippen LogP) is 2.52. The molecule has 2 aliphatic rings. The lowest BCUT2D eigenvalue weighted by molar-refractivity contribution is -0.144. The Hall–Kier alpha value is -0.710. The molecule has 5 heteroatoms. The number of thioether (sulfide) groups is 1. The van der Waals surface area contributed by atoms with Crippen molar-refractivity contribution < 1.29 is 9.59 Å². The van der Waals surface area contributed by atoms with Crippen molar-refractivity contribution in [2.75, 3.05) is 19.3 Å². The van der Waals surface area contributed by atoms with Crippen LogP contribution in [0.3, 0.4) is 0 Å². The van der Waals surface area contributed by atoms with Crippen LogP contribution in [0.15, 0.2) is 0 Å². The molecule has 0 radical (unpaired) electrons. The standard InChI is InChI=1S/C16H28N2O2S/c1-4-14(18-10-6-7-15(18)19)16(20)17(3)12-8-9-13(11-12)21-5-2/h12-14H,4-11H2,1-3H3/t12-,13+,14+/m0/s1. The SMILES string of the molecule is CCS[C@@H]1CC[C@H](N(C)C(=O)[C@@H](CC)N2CCCC2=O)C1. The van der Waals surface area contributed by atoms with Crippen LogP contribution in [0.4, 0.5) is 0 Å². The van der Waals surface area contributed by atoms with Crippen molar-refractivity contribution in [1.29, 1.82) is 0 Å². The maximum Gasteiger partial charge on any atom is 0.245 e. The van der Waals surface area contributed by atoms with Crippen molar-refractivity contribution in [2.45, 2.75) is 69.7 Å². The minimum atomic E-state index is -0.247. The Labute approximate surface area is 132 Å². The second-order valence-electron chi connectivity index (χ2n) is 6.11. The van der Waals surface area contributed by atoms with Crippen LogP contribution in [0.5, 0.6) is 0 Å². The average Bonchev–Trinajstić information content (AvgIpc) is 3.09. The van der Waals surface area contributed by atoms with E-state index in [9.17, 15) is 9.59 Å². The fraction of sp³-hybridized carbons (Fsp3) is 0.875. The monoisotopic (exact) mass is 312 g/mol. The van der Waals surface area contributed by atoms with E-state index in [1.165, 1.54) is 6.42 Å². The van der Waals surface area contributed by atoms with Gasteiger partial charge in [0.2, 0.25) is 11.8 Å². The van der Waals surface area contributed by atoms with Crippen LogP contribution in [0.25, 0.3) is 0 Å². The molecule has 1 saturated carbocycles. The summed E-state index contributed by atoms with van der Waals surface area (Å²) in [6.45, 7) is 4.95. The average molecular weight is 312 g/mol. The number of likely N-dealkylation sites (tertiary alicyclic amines) is 1. The van der Waals surface area contributed by atoms with E-state index < -0.39 is 0 Å². The Morgan fingerprint density at radius 1 is 1.43 bits per heavy atom. The Balaban J connectivity index is 1.96. The maximum atomic E-state index is 12.8. The van der Waals surface area contributed by atoms with Crippen molar-refractivity contribution in [1.82, 2.24) is 9.80 Å². The summed E-state index contributed by atoms with van der Waals surface area (Å²) in [4.78, 5) is 28.4. The van der Waals surface area contributed by atoms with Gasteiger partial charge in [-0.3, -0.25) is 9.59 Å². The molecule has 0 unspecified atom stereocenters. The van der Waals surface area contributed by atoms with Crippen LogP contribution in [-0.2, 0) is 9.59 Å². The molecule has 21 heavy (non-hydrogen) atoms. The summed E-state index contributed by atoms with van der Waals surface area (Å²) in [6, 6.07) is 0.108. The molecule has 2 fully saturated rings. The highest BCUT2D eigenvalue weighted by Crippen LogP contribution is 2.32. The molecule has 0 spiro atoms. The van der Waals surface area contributed by atoms with E-state index in [-0.39, 0.29) is 17.9 Å². The van der Waals surface area contributed by atoms with E-state index in [4.69, 9.17) is 0 Å². The number of nitrogens with zero attached hydrogens (tertiary/aromatic N) is 2. The summed E-state index contributed by atoms with van der Waals surface area (Å²) >= 11 is 2.01. The summed E-state index contributed by atoms with van der Waals surface area (Å²) in [5.74, 6) is 1.43. The van der Waals surface area contributed by atoms with Crippen molar-refractivity contribution in [2.24, 2.45) is 0 Å². The van der Waals surface area contributed by atoms with Gasteiger partial charge in [0, 0.05) is 31.3 Å². The number of carbonyl (C=O) groups excluding carboxylic acids is 2. The topological polar surface area (TPSA) is 40.6 Å². The maximum absolute atomic E-state index is 12.8. The van der Waals surface area contributed by atoms with Crippen LogP contribution in [-0.4, -0.2) is 58.3 Å². The molecule has 1 heterocycles. The van der Waals surface area contributed by atoms with Crippen molar-refractivity contribution in [3.8, 4) is 0 Å². The zero-order valence-corrected chi connectivity index (χ0v) is 14.3. The Bertz CT molecular complexity index is 388. The summed E-state index contributed by atoms with van der Waals surface area (Å²) in [5, 5.41) is 0.698. The summed E-state index contributed by atoms with van der Waals surface area (Å²) in [5.41, 5.74) is 0. The lowest BCUT2D eigenvalue weighted by Gasteiger charge is -2.33. The summed E-state index contributed by atoms with van der Waals surface area (Å²) < 4.78 is 0.